The van der Waals surface area contributed by atoms with Gasteiger partial charge in [-0.15, -0.1) is 0 Å². The molecule has 60 valence electrons. The van der Waals surface area contributed by atoms with Gasteiger partial charge in [0.05, 0.1) is 0 Å². The van der Waals surface area contributed by atoms with Crippen LogP contribution in [0.5, 0.6) is 0 Å². The second-order valence-electron chi connectivity index (χ2n) is 3.45. The maximum atomic E-state index is 12.5. The smallest absolute Gasteiger partial charge is 0.216 e. The summed E-state index contributed by atoms with van der Waals surface area (Å²) in [6, 6.07) is 1.25. The molecule has 1 aromatic heterocycles. The SMILES string of the molecule is CC(C)(C)c1nccc(F)n1. The molecule has 0 aromatic carbocycles. The Kier molecular flexibility index (Phi) is 1.89. The average molecular weight is 154 g/mol. The number of nitrogens with zero attached hydrogens (tertiary/aromatic N) is 2. The minimum Gasteiger partial charge on any atom is -0.241 e. The summed E-state index contributed by atoms with van der Waals surface area (Å²) in [5.41, 5.74) is -0.178. The zero-order valence-corrected chi connectivity index (χ0v) is 6.93. The summed E-state index contributed by atoms with van der Waals surface area (Å²) in [4.78, 5) is 7.63. The van der Waals surface area contributed by atoms with E-state index in [0.717, 1.165) is 0 Å². The van der Waals surface area contributed by atoms with Gasteiger partial charge >= 0.3 is 0 Å². The maximum absolute atomic E-state index is 12.5. The lowest BCUT2D eigenvalue weighted by atomic mass is 9.96. The molecule has 0 N–H and O–H groups in total. The zero-order chi connectivity index (χ0) is 8.48. The molecule has 11 heavy (non-hydrogen) atoms. The Hall–Kier alpha value is -0.990. The van der Waals surface area contributed by atoms with Crippen LogP contribution in [0.15, 0.2) is 12.3 Å². The molecule has 1 rings (SSSR count). The van der Waals surface area contributed by atoms with Gasteiger partial charge in [0.1, 0.15) is 5.82 Å². The van der Waals surface area contributed by atoms with Crippen molar-refractivity contribution < 1.29 is 4.39 Å². The fourth-order valence-corrected chi connectivity index (χ4v) is 0.698. The summed E-state index contributed by atoms with van der Waals surface area (Å²) in [5, 5.41) is 0. The molecule has 0 aliphatic carbocycles. The lowest BCUT2D eigenvalue weighted by molar-refractivity contribution is 0.503. The third-order valence-electron chi connectivity index (χ3n) is 1.29. The first-order chi connectivity index (χ1) is 5.00. The van der Waals surface area contributed by atoms with Gasteiger partial charge in [-0.2, -0.15) is 4.39 Å². The Morgan fingerprint density at radius 3 is 2.36 bits per heavy atom. The molecule has 0 saturated carbocycles. The summed E-state index contributed by atoms with van der Waals surface area (Å²) in [5.74, 6) is 0.0717. The molecule has 3 heteroatoms. The van der Waals surface area contributed by atoms with Crippen molar-refractivity contribution in [1.82, 2.24) is 9.97 Å². The molecule has 0 fully saturated rings. The van der Waals surface area contributed by atoms with Gasteiger partial charge in [-0.25, -0.2) is 9.97 Å². The molecule has 0 aliphatic heterocycles. The van der Waals surface area contributed by atoms with Gasteiger partial charge in [-0.05, 0) is 0 Å². The van der Waals surface area contributed by atoms with E-state index in [1.54, 1.807) is 0 Å². The van der Waals surface area contributed by atoms with Gasteiger partial charge in [0, 0.05) is 17.7 Å². The Labute approximate surface area is 65.5 Å². The van der Waals surface area contributed by atoms with E-state index in [1.807, 2.05) is 20.8 Å². The maximum Gasteiger partial charge on any atom is 0.216 e. The fourth-order valence-electron chi connectivity index (χ4n) is 0.698. The second kappa shape index (κ2) is 2.57. The topological polar surface area (TPSA) is 25.8 Å². The monoisotopic (exact) mass is 154 g/mol. The van der Waals surface area contributed by atoms with Crippen LogP contribution in [0.2, 0.25) is 0 Å². The minimum absolute atomic E-state index is 0.178. The van der Waals surface area contributed by atoms with E-state index in [9.17, 15) is 4.39 Å². The predicted molar refractivity (Wildman–Crippen MR) is 40.7 cm³/mol. The van der Waals surface area contributed by atoms with Gasteiger partial charge in [0.15, 0.2) is 0 Å². The van der Waals surface area contributed by atoms with E-state index in [-0.39, 0.29) is 5.41 Å². The Balaban J connectivity index is 3.06. The number of halogens is 1. The lowest BCUT2D eigenvalue weighted by Gasteiger charge is -2.15. The highest BCUT2D eigenvalue weighted by molar-refractivity contribution is 5.01. The van der Waals surface area contributed by atoms with Gasteiger partial charge in [-0.3, -0.25) is 0 Å². The van der Waals surface area contributed by atoms with Gasteiger partial charge < -0.3 is 0 Å². The first-order valence-corrected chi connectivity index (χ1v) is 3.49. The van der Waals surface area contributed by atoms with E-state index in [0.29, 0.717) is 5.82 Å². The highest BCUT2D eigenvalue weighted by Crippen LogP contribution is 2.16. The molecule has 0 saturated heterocycles. The van der Waals surface area contributed by atoms with Crippen molar-refractivity contribution in [2.75, 3.05) is 0 Å². The van der Waals surface area contributed by atoms with E-state index < -0.39 is 5.95 Å². The molecule has 1 aromatic rings. The van der Waals surface area contributed by atoms with E-state index in [2.05, 4.69) is 9.97 Å². The fraction of sp³-hybridized carbons (Fsp3) is 0.500. The van der Waals surface area contributed by atoms with Crippen LogP contribution in [0.25, 0.3) is 0 Å². The third-order valence-corrected chi connectivity index (χ3v) is 1.29. The van der Waals surface area contributed by atoms with Gasteiger partial charge in [0.25, 0.3) is 0 Å². The first kappa shape index (κ1) is 8.11. The van der Waals surface area contributed by atoms with Gasteiger partial charge in [0.2, 0.25) is 5.95 Å². The molecule has 0 bridgehead atoms. The highest BCUT2D eigenvalue weighted by Gasteiger charge is 2.16. The highest BCUT2D eigenvalue weighted by atomic mass is 19.1. The van der Waals surface area contributed by atoms with Crippen molar-refractivity contribution in [1.29, 1.82) is 0 Å². The molecular weight excluding hydrogens is 143 g/mol. The normalized spacial score (nSPS) is 11.6. The van der Waals surface area contributed by atoms with E-state index in [4.69, 9.17) is 0 Å². The molecule has 0 unspecified atom stereocenters. The number of rotatable bonds is 0. The summed E-state index contributed by atoms with van der Waals surface area (Å²) < 4.78 is 12.5. The second-order valence-corrected chi connectivity index (χ2v) is 3.45. The number of aromatic nitrogens is 2. The summed E-state index contributed by atoms with van der Waals surface area (Å²) in [7, 11) is 0. The molecule has 0 radical (unpaired) electrons. The number of hydrogen-bond acceptors (Lipinski definition) is 2. The number of hydrogen-bond donors (Lipinski definition) is 0. The van der Waals surface area contributed by atoms with Crippen molar-refractivity contribution >= 4 is 0 Å². The van der Waals surface area contributed by atoms with Crippen LogP contribution in [-0.4, -0.2) is 9.97 Å². The first-order valence-electron chi connectivity index (χ1n) is 3.49. The van der Waals surface area contributed by atoms with Gasteiger partial charge in [-0.1, -0.05) is 20.8 Å². The average Bonchev–Trinajstić information content (AvgIpc) is 1.86. The van der Waals surface area contributed by atoms with E-state index >= 15 is 0 Å². The molecular formula is C8H11FN2. The van der Waals surface area contributed by atoms with Crippen LogP contribution in [-0.2, 0) is 5.41 Å². The standard InChI is InChI=1S/C8H11FN2/c1-8(2,3)7-10-5-4-6(9)11-7/h4-5H,1-3H3. The molecule has 1 heterocycles. The largest absolute Gasteiger partial charge is 0.241 e. The minimum atomic E-state index is -0.468. The third kappa shape index (κ3) is 1.97. The van der Waals surface area contributed by atoms with Crippen molar-refractivity contribution in [2.24, 2.45) is 0 Å². The zero-order valence-electron chi connectivity index (χ0n) is 6.93. The van der Waals surface area contributed by atoms with Crippen LogP contribution in [0.3, 0.4) is 0 Å². The van der Waals surface area contributed by atoms with E-state index in [1.165, 1.54) is 12.3 Å². The lowest BCUT2D eigenvalue weighted by Crippen LogP contribution is -2.16. The Morgan fingerprint density at radius 2 is 2.00 bits per heavy atom. The van der Waals surface area contributed by atoms with Crippen molar-refractivity contribution in [3.63, 3.8) is 0 Å². The predicted octanol–water partition coefficient (Wildman–Crippen LogP) is 1.91. The van der Waals surface area contributed by atoms with Crippen LogP contribution in [0.1, 0.15) is 26.6 Å². The molecule has 2 nitrogen and oxygen atoms in total. The van der Waals surface area contributed by atoms with Crippen LogP contribution >= 0.6 is 0 Å². The van der Waals surface area contributed by atoms with Crippen molar-refractivity contribution in [2.45, 2.75) is 26.2 Å². The van der Waals surface area contributed by atoms with Crippen LogP contribution < -0.4 is 0 Å². The summed E-state index contributed by atoms with van der Waals surface area (Å²) in [6.07, 6.45) is 1.43. The molecule has 0 aliphatic rings. The van der Waals surface area contributed by atoms with Crippen LogP contribution in [0.4, 0.5) is 4.39 Å². The summed E-state index contributed by atoms with van der Waals surface area (Å²) >= 11 is 0. The molecule has 0 amide bonds. The molecule has 0 spiro atoms. The Morgan fingerprint density at radius 1 is 1.36 bits per heavy atom. The van der Waals surface area contributed by atoms with Crippen LogP contribution in [0, 0.1) is 5.95 Å². The van der Waals surface area contributed by atoms with Crippen molar-refractivity contribution in [3.8, 4) is 0 Å². The summed E-state index contributed by atoms with van der Waals surface area (Å²) in [6.45, 7) is 5.84. The quantitative estimate of drug-likeness (QED) is 0.533. The van der Waals surface area contributed by atoms with Crippen molar-refractivity contribution in [3.05, 3.63) is 24.0 Å². The Bertz CT molecular complexity index is 253. The molecule has 0 atom stereocenters.